The molecule has 98 valence electrons. The molecule has 0 aliphatic heterocycles. The van der Waals surface area contributed by atoms with Crippen LogP contribution >= 0.6 is 0 Å². The van der Waals surface area contributed by atoms with Gasteiger partial charge >= 0.3 is 0 Å². The summed E-state index contributed by atoms with van der Waals surface area (Å²) in [6, 6.07) is 3.09. The lowest BCUT2D eigenvalue weighted by atomic mass is 10.1. The molecule has 6 heteroatoms. The molecule has 1 amide bonds. The summed E-state index contributed by atoms with van der Waals surface area (Å²) in [5, 5.41) is 13.5. The molecule has 1 aromatic carbocycles. The van der Waals surface area contributed by atoms with E-state index in [-0.39, 0.29) is 11.6 Å². The molecule has 1 rings (SSSR count). The van der Waals surface area contributed by atoms with Gasteiger partial charge in [-0.05, 0) is 38.4 Å². The third-order valence-electron chi connectivity index (χ3n) is 2.62. The Kier molecular flexibility index (Phi) is 4.79. The van der Waals surface area contributed by atoms with Gasteiger partial charge in [-0.2, -0.15) is 0 Å². The van der Waals surface area contributed by atoms with Crippen molar-refractivity contribution in [2.24, 2.45) is 5.73 Å². The van der Waals surface area contributed by atoms with Crippen molar-refractivity contribution < 1.29 is 9.72 Å². The highest BCUT2D eigenvalue weighted by Crippen LogP contribution is 2.26. The molecule has 0 atom stereocenters. The molecule has 0 heterocycles. The number of carbonyl (C=O) groups is 1. The Morgan fingerprint density at radius 3 is 2.61 bits per heavy atom. The summed E-state index contributed by atoms with van der Waals surface area (Å²) < 4.78 is 0. The number of aryl methyl sites for hydroxylation is 2. The van der Waals surface area contributed by atoms with E-state index in [9.17, 15) is 14.9 Å². The zero-order chi connectivity index (χ0) is 13.7. The van der Waals surface area contributed by atoms with Gasteiger partial charge in [0.25, 0.3) is 5.69 Å². The standard InChI is InChI=1S/C12H17N3O3/c1-8-6-9(2)11(15(17)18)7-10(8)14-12(16)4-3-5-13/h6-7H,3-5,13H2,1-2H3,(H,14,16). The molecule has 6 nitrogen and oxygen atoms in total. The highest BCUT2D eigenvalue weighted by molar-refractivity contribution is 5.92. The summed E-state index contributed by atoms with van der Waals surface area (Å²) in [7, 11) is 0. The van der Waals surface area contributed by atoms with Crippen molar-refractivity contribution in [1.82, 2.24) is 0 Å². The molecular formula is C12H17N3O3. The van der Waals surface area contributed by atoms with Crippen molar-refractivity contribution >= 4 is 17.3 Å². The number of nitrogens with one attached hydrogen (secondary N) is 1. The predicted octanol–water partition coefficient (Wildman–Crippen LogP) is 1.89. The van der Waals surface area contributed by atoms with Gasteiger partial charge in [0.2, 0.25) is 5.91 Å². The summed E-state index contributed by atoms with van der Waals surface area (Å²) in [4.78, 5) is 21.9. The number of nitro benzene ring substituents is 1. The fourth-order valence-corrected chi connectivity index (χ4v) is 1.65. The molecular weight excluding hydrogens is 234 g/mol. The van der Waals surface area contributed by atoms with Gasteiger partial charge in [0, 0.05) is 18.1 Å². The Labute approximate surface area is 105 Å². The first-order valence-electron chi connectivity index (χ1n) is 5.71. The van der Waals surface area contributed by atoms with Gasteiger partial charge in [-0.3, -0.25) is 14.9 Å². The number of amides is 1. The Morgan fingerprint density at radius 2 is 2.06 bits per heavy atom. The van der Waals surface area contributed by atoms with Gasteiger partial charge in [0.05, 0.1) is 10.6 Å². The maximum absolute atomic E-state index is 11.6. The zero-order valence-corrected chi connectivity index (χ0v) is 10.5. The molecule has 1 aromatic rings. The lowest BCUT2D eigenvalue weighted by Crippen LogP contribution is -2.14. The van der Waals surface area contributed by atoms with E-state index in [2.05, 4.69) is 5.32 Å². The summed E-state index contributed by atoms with van der Waals surface area (Å²) in [5.74, 6) is -0.179. The lowest BCUT2D eigenvalue weighted by molar-refractivity contribution is -0.385. The Morgan fingerprint density at radius 1 is 1.39 bits per heavy atom. The Balaban J connectivity index is 2.92. The third kappa shape index (κ3) is 3.53. The topological polar surface area (TPSA) is 98.3 Å². The number of nitro groups is 1. The van der Waals surface area contributed by atoms with E-state index in [1.54, 1.807) is 19.9 Å². The average molecular weight is 251 g/mol. The highest BCUT2D eigenvalue weighted by Gasteiger charge is 2.14. The highest BCUT2D eigenvalue weighted by atomic mass is 16.6. The van der Waals surface area contributed by atoms with Crippen LogP contribution in [-0.2, 0) is 4.79 Å². The second-order valence-corrected chi connectivity index (χ2v) is 4.15. The van der Waals surface area contributed by atoms with Crippen LogP contribution in [-0.4, -0.2) is 17.4 Å². The SMILES string of the molecule is Cc1cc(C)c([N+](=O)[O-])cc1NC(=O)CCCN. The maximum atomic E-state index is 11.6. The van der Waals surface area contributed by atoms with E-state index in [1.165, 1.54) is 6.07 Å². The van der Waals surface area contributed by atoms with E-state index in [4.69, 9.17) is 5.73 Å². The van der Waals surface area contributed by atoms with Crippen molar-refractivity contribution in [3.05, 3.63) is 33.4 Å². The number of nitrogens with zero attached hydrogens (tertiary/aromatic N) is 1. The van der Waals surface area contributed by atoms with E-state index in [0.717, 1.165) is 5.56 Å². The van der Waals surface area contributed by atoms with Gasteiger partial charge in [-0.15, -0.1) is 0 Å². The van der Waals surface area contributed by atoms with Crippen LogP contribution in [0.2, 0.25) is 0 Å². The van der Waals surface area contributed by atoms with Crippen LogP contribution in [0.4, 0.5) is 11.4 Å². The number of carbonyl (C=O) groups excluding carboxylic acids is 1. The fraction of sp³-hybridized carbons (Fsp3) is 0.417. The van der Waals surface area contributed by atoms with Crippen LogP contribution < -0.4 is 11.1 Å². The largest absolute Gasteiger partial charge is 0.330 e. The molecule has 3 N–H and O–H groups in total. The third-order valence-corrected chi connectivity index (χ3v) is 2.62. The minimum Gasteiger partial charge on any atom is -0.330 e. The molecule has 0 radical (unpaired) electrons. The quantitative estimate of drug-likeness (QED) is 0.616. The zero-order valence-electron chi connectivity index (χ0n) is 10.5. The molecule has 0 spiro atoms. The number of hydrogen-bond acceptors (Lipinski definition) is 4. The molecule has 0 saturated heterocycles. The molecule has 0 unspecified atom stereocenters. The fourth-order valence-electron chi connectivity index (χ4n) is 1.65. The maximum Gasteiger partial charge on any atom is 0.274 e. The number of anilines is 1. The van der Waals surface area contributed by atoms with Crippen LogP contribution in [0.15, 0.2) is 12.1 Å². The first kappa shape index (κ1) is 14.1. The van der Waals surface area contributed by atoms with Crippen LogP contribution in [0.3, 0.4) is 0 Å². The van der Waals surface area contributed by atoms with Crippen molar-refractivity contribution in [3.8, 4) is 0 Å². The van der Waals surface area contributed by atoms with Gasteiger partial charge in [0.1, 0.15) is 0 Å². The van der Waals surface area contributed by atoms with Crippen LogP contribution in [0.1, 0.15) is 24.0 Å². The summed E-state index contributed by atoms with van der Waals surface area (Å²) >= 11 is 0. The lowest BCUT2D eigenvalue weighted by Gasteiger charge is -2.09. The van der Waals surface area contributed by atoms with E-state index >= 15 is 0 Å². The van der Waals surface area contributed by atoms with Crippen molar-refractivity contribution in [3.63, 3.8) is 0 Å². The van der Waals surface area contributed by atoms with Gasteiger partial charge < -0.3 is 11.1 Å². The number of rotatable bonds is 5. The summed E-state index contributed by atoms with van der Waals surface area (Å²) in [5.41, 5.74) is 7.19. The van der Waals surface area contributed by atoms with Crippen LogP contribution in [0.5, 0.6) is 0 Å². The molecule has 18 heavy (non-hydrogen) atoms. The van der Waals surface area contributed by atoms with Gasteiger partial charge in [-0.25, -0.2) is 0 Å². The van der Waals surface area contributed by atoms with E-state index < -0.39 is 4.92 Å². The van der Waals surface area contributed by atoms with Gasteiger partial charge in [0.15, 0.2) is 0 Å². The molecule has 0 aromatic heterocycles. The number of benzene rings is 1. The normalized spacial score (nSPS) is 10.2. The second-order valence-electron chi connectivity index (χ2n) is 4.15. The molecule has 0 fully saturated rings. The van der Waals surface area contributed by atoms with Crippen molar-refractivity contribution in [1.29, 1.82) is 0 Å². The smallest absolute Gasteiger partial charge is 0.274 e. The Bertz CT molecular complexity index is 472. The van der Waals surface area contributed by atoms with Crippen LogP contribution in [0, 0.1) is 24.0 Å². The Hall–Kier alpha value is -1.95. The van der Waals surface area contributed by atoms with Gasteiger partial charge in [-0.1, -0.05) is 0 Å². The minimum atomic E-state index is -0.454. The van der Waals surface area contributed by atoms with Crippen LogP contribution in [0.25, 0.3) is 0 Å². The first-order valence-corrected chi connectivity index (χ1v) is 5.71. The molecule has 0 bridgehead atoms. The monoisotopic (exact) mass is 251 g/mol. The molecule has 0 saturated carbocycles. The number of nitrogens with two attached hydrogens (primary N) is 1. The average Bonchev–Trinajstić information content (AvgIpc) is 2.29. The van der Waals surface area contributed by atoms with E-state index in [0.29, 0.717) is 30.6 Å². The second kappa shape index (κ2) is 6.11. The number of hydrogen-bond donors (Lipinski definition) is 2. The van der Waals surface area contributed by atoms with Crippen molar-refractivity contribution in [2.45, 2.75) is 26.7 Å². The summed E-state index contributed by atoms with van der Waals surface area (Å²) in [6.45, 7) is 3.92. The first-order chi connectivity index (χ1) is 8.45. The molecule has 0 aliphatic rings. The minimum absolute atomic E-state index is 0.00900. The van der Waals surface area contributed by atoms with Crippen molar-refractivity contribution in [2.75, 3.05) is 11.9 Å². The summed E-state index contributed by atoms with van der Waals surface area (Å²) in [6.07, 6.45) is 0.913. The molecule has 0 aliphatic carbocycles. The predicted molar refractivity (Wildman–Crippen MR) is 69.5 cm³/mol. The van der Waals surface area contributed by atoms with E-state index in [1.807, 2.05) is 0 Å².